The first-order valence-corrected chi connectivity index (χ1v) is 6.59. The van der Waals surface area contributed by atoms with Crippen LogP contribution in [0.1, 0.15) is 17.5 Å². The van der Waals surface area contributed by atoms with E-state index in [1.54, 1.807) is 0 Å². The first kappa shape index (κ1) is 11.1. The van der Waals surface area contributed by atoms with Gasteiger partial charge in [0.2, 0.25) is 0 Å². The summed E-state index contributed by atoms with van der Waals surface area (Å²) in [5, 5.41) is 3.44. The van der Waals surface area contributed by atoms with Crippen LogP contribution >= 0.6 is 0 Å². The van der Waals surface area contributed by atoms with Crippen LogP contribution in [0.25, 0.3) is 0 Å². The number of rotatable bonds is 2. The second-order valence-electron chi connectivity index (χ2n) is 4.92. The summed E-state index contributed by atoms with van der Waals surface area (Å²) in [6, 6.07) is 6.66. The molecule has 17 heavy (non-hydrogen) atoms. The molecule has 1 saturated heterocycles. The van der Waals surface area contributed by atoms with Crippen molar-refractivity contribution >= 4 is 0 Å². The lowest BCUT2D eigenvalue weighted by Crippen LogP contribution is -2.27. The molecule has 1 N–H and O–H groups in total. The summed E-state index contributed by atoms with van der Waals surface area (Å²) in [5.41, 5.74) is 2.81. The van der Waals surface area contributed by atoms with Gasteiger partial charge >= 0.3 is 0 Å². The van der Waals surface area contributed by atoms with Crippen molar-refractivity contribution in [1.82, 2.24) is 10.2 Å². The van der Waals surface area contributed by atoms with E-state index in [1.165, 1.54) is 24.1 Å². The molecule has 1 aromatic carbocycles. The van der Waals surface area contributed by atoms with Gasteiger partial charge in [0.05, 0.1) is 6.61 Å². The van der Waals surface area contributed by atoms with Gasteiger partial charge in [-0.15, -0.1) is 0 Å². The average molecular weight is 232 g/mol. The monoisotopic (exact) mass is 232 g/mol. The van der Waals surface area contributed by atoms with E-state index in [2.05, 4.69) is 28.4 Å². The number of fused-ring (bicyclic) bond motifs is 1. The molecule has 0 amide bonds. The number of hydrogen-bond acceptors (Lipinski definition) is 3. The van der Waals surface area contributed by atoms with Gasteiger partial charge in [0, 0.05) is 26.1 Å². The second-order valence-corrected chi connectivity index (χ2v) is 4.92. The van der Waals surface area contributed by atoms with Gasteiger partial charge in [-0.05, 0) is 36.7 Å². The molecule has 0 atom stereocenters. The van der Waals surface area contributed by atoms with E-state index in [0.717, 1.165) is 45.0 Å². The van der Waals surface area contributed by atoms with Crippen molar-refractivity contribution in [3.8, 4) is 5.75 Å². The van der Waals surface area contributed by atoms with Crippen molar-refractivity contribution in [1.29, 1.82) is 0 Å². The maximum absolute atomic E-state index is 5.54. The lowest BCUT2D eigenvalue weighted by Gasteiger charge is -2.19. The van der Waals surface area contributed by atoms with E-state index >= 15 is 0 Å². The lowest BCUT2D eigenvalue weighted by atomic mass is 10.1. The Bertz CT molecular complexity index is 384. The van der Waals surface area contributed by atoms with Crippen molar-refractivity contribution in [3.63, 3.8) is 0 Å². The number of ether oxygens (including phenoxy) is 1. The zero-order valence-corrected chi connectivity index (χ0v) is 10.2. The third kappa shape index (κ3) is 2.61. The van der Waals surface area contributed by atoms with Crippen molar-refractivity contribution in [2.24, 2.45) is 0 Å². The molecule has 0 saturated carbocycles. The highest BCUT2D eigenvalue weighted by atomic mass is 16.5. The van der Waals surface area contributed by atoms with Crippen molar-refractivity contribution < 1.29 is 4.74 Å². The van der Waals surface area contributed by atoms with Gasteiger partial charge in [-0.2, -0.15) is 0 Å². The fourth-order valence-corrected chi connectivity index (χ4v) is 2.66. The molecule has 3 rings (SSSR count). The smallest absolute Gasteiger partial charge is 0.122 e. The minimum atomic E-state index is 0.854. The molecular weight excluding hydrogens is 212 g/mol. The van der Waals surface area contributed by atoms with E-state index in [0.29, 0.717) is 0 Å². The van der Waals surface area contributed by atoms with Crippen LogP contribution in [0.15, 0.2) is 18.2 Å². The summed E-state index contributed by atoms with van der Waals surface area (Å²) < 4.78 is 5.54. The van der Waals surface area contributed by atoms with Crippen molar-refractivity contribution in [2.45, 2.75) is 19.4 Å². The number of benzene rings is 1. The van der Waals surface area contributed by atoms with Gasteiger partial charge in [-0.3, -0.25) is 4.90 Å². The van der Waals surface area contributed by atoms with Crippen molar-refractivity contribution in [3.05, 3.63) is 29.3 Å². The first-order valence-electron chi connectivity index (χ1n) is 6.59. The molecule has 2 aliphatic heterocycles. The summed E-state index contributed by atoms with van der Waals surface area (Å²) in [5.74, 6) is 1.09. The van der Waals surface area contributed by atoms with Crippen LogP contribution in [-0.4, -0.2) is 37.7 Å². The zero-order chi connectivity index (χ0) is 11.5. The quantitative estimate of drug-likeness (QED) is 0.834. The van der Waals surface area contributed by atoms with Crippen LogP contribution < -0.4 is 10.1 Å². The van der Waals surface area contributed by atoms with Crippen LogP contribution in [0.2, 0.25) is 0 Å². The number of nitrogens with zero attached hydrogens (tertiary/aromatic N) is 1. The van der Waals surface area contributed by atoms with Gasteiger partial charge in [0.1, 0.15) is 5.75 Å². The molecule has 0 aromatic heterocycles. The Kier molecular flexibility index (Phi) is 3.29. The molecule has 0 aliphatic carbocycles. The minimum absolute atomic E-state index is 0.854. The van der Waals surface area contributed by atoms with E-state index in [1.807, 2.05) is 0 Å². The molecule has 0 bridgehead atoms. The molecule has 92 valence electrons. The average Bonchev–Trinajstić information content (AvgIpc) is 2.65. The maximum atomic E-state index is 5.54. The fraction of sp³-hybridized carbons (Fsp3) is 0.571. The predicted octanol–water partition coefficient (Wildman–Crippen LogP) is 1.42. The van der Waals surface area contributed by atoms with Gasteiger partial charge < -0.3 is 10.1 Å². The molecule has 1 fully saturated rings. The highest BCUT2D eigenvalue weighted by Crippen LogP contribution is 2.26. The van der Waals surface area contributed by atoms with Crippen molar-refractivity contribution in [2.75, 3.05) is 32.8 Å². The summed E-state index contributed by atoms with van der Waals surface area (Å²) in [6.45, 7) is 6.58. The Hall–Kier alpha value is -1.06. The van der Waals surface area contributed by atoms with E-state index in [4.69, 9.17) is 4.74 Å². The predicted molar refractivity (Wildman–Crippen MR) is 68.4 cm³/mol. The summed E-state index contributed by atoms with van der Waals surface area (Å²) >= 11 is 0. The number of hydrogen-bond donors (Lipinski definition) is 1. The molecule has 2 aliphatic rings. The summed E-state index contributed by atoms with van der Waals surface area (Å²) in [4.78, 5) is 2.54. The molecule has 3 heteroatoms. The lowest BCUT2D eigenvalue weighted by molar-refractivity contribution is 0.284. The normalized spacial score (nSPS) is 20.7. The molecule has 3 nitrogen and oxygen atoms in total. The van der Waals surface area contributed by atoms with Crippen LogP contribution in [0.3, 0.4) is 0 Å². The topological polar surface area (TPSA) is 24.5 Å². The van der Waals surface area contributed by atoms with Crippen LogP contribution in [-0.2, 0) is 13.0 Å². The second kappa shape index (κ2) is 5.07. The Morgan fingerprint density at radius 1 is 1.24 bits per heavy atom. The Morgan fingerprint density at radius 3 is 3.24 bits per heavy atom. The summed E-state index contributed by atoms with van der Waals surface area (Å²) in [7, 11) is 0. The highest BCUT2D eigenvalue weighted by Gasteiger charge is 2.14. The Morgan fingerprint density at radius 2 is 2.24 bits per heavy atom. The first-order chi connectivity index (χ1) is 8.42. The number of nitrogens with one attached hydrogen (secondary N) is 1. The van der Waals surface area contributed by atoms with Crippen LogP contribution in [0.4, 0.5) is 0 Å². The molecule has 0 radical (unpaired) electrons. The van der Waals surface area contributed by atoms with Gasteiger partial charge in [-0.25, -0.2) is 0 Å². The largest absolute Gasteiger partial charge is 0.493 e. The van der Waals surface area contributed by atoms with Crippen LogP contribution in [0.5, 0.6) is 5.75 Å². The van der Waals surface area contributed by atoms with Gasteiger partial charge in [0.25, 0.3) is 0 Å². The molecule has 1 aromatic rings. The minimum Gasteiger partial charge on any atom is -0.493 e. The van der Waals surface area contributed by atoms with E-state index < -0.39 is 0 Å². The zero-order valence-electron chi connectivity index (χ0n) is 10.2. The third-order valence-electron chi connectivity index (χ3n) is 3.59. The van der Waals surface area contributed by atoms with Gasteiger partial charge in [0.15, 0.2) is 0 Å². The maximum Gasteiger partial charge on any atom is 0.122 e. The highest BCUT2D eigenvalue weighted by molar-refractivity contribution is 5.39. The SMILES string of the molecule is c1cc2c(cc1CN1CCCNCC1)CCO2. The Balaban J connectivity index is 1.67. The molecule has 0 unspecified atom stereocenters. The fourth-order valence-electron chi connectivity index (χ4n) is 2.66. The standard InChI is InChI=1S/C14H20N2O/c1-5-15-6-8-16(7-1)11-12-2-3-14-13(10-12)4-9-17-14/h2-3,10,15H,1,4-9,11H2. The van der Waals surface area contributed by atoms with E-state index in [-0.39, 0.29) is 0 Å². The summed E-state index contributed by atoms with van der Waals surface area (Å²) in [6.07, 6.45) is 2.33. The van der Waals surface area contributed by atoms with E-state index in [9.17, 15) is 0 Å². The third-order valence-corrected chi connectivity index (χ3v) is 3.59. The molecular formula is C14H20N2O. The van der Waals surface area contributed by atoms with Gasteiger partial charge in [-0.1, -0.05) is 12.1 Å². The molecule has 2 heterocycles. The Labute approximate surface area is 103 Å². The molecule has 0 spiro atoms. The van der Waals surface area contributed by atoms with Crippen LogP contribution in [0, 0.1) is 0 Å².